The number of hydrogen-bond donors (Lipinski definition) is 0. The lowest BCUT2D eigenvalue weighted by Gasteiger charge is -2.17. The third-order valence-corrected chi connectivity index (χ3v) is 2.73. The maximum Gasteiger partial charge on any atom is 0.131 e. The minimum atomic E-state index is -0.546. The first-order valence-corrected chi connectivity index (χ1v) is 5.61. The Kier molecular flexibility index (Phi) is 4.87. The Labute approximate surface area is 95.4 Å². The van der Waals surface area contributed by atoms with Gasteiger partial charge in [0.25, 0.3) is 0 Å². The molecule has 0 N–H and O–H groups in total. The van der Waals surface area contributed by atoms with Crippen LogP contribution in [0.4, 0.5) is 8.78 Å². The van der Waals surface area contributed by atoms with Crippen molar-refractivity contribution in [3.05, 3.63) is 35.4 Å². The van der Waals surface area contributed by atoms with Crippen LogP contribution >= 0.6 is 0 Å². The van der Waals surface area contributed by atoms with Crippen molar-refractivity contribution in [3.8, 4) is 0 Å². The van der Waals surface area contributed by atoms with Gasteiger partial charge in [-0.1, -0.05) is 26.3 Å². The first kappa shape index (κ1) is 13.1. The molecule has 0 saturated carbocycles. The predicted molar refractivity (Wildman–Crippen MR) is 60.2 cm³/mol. The SMILES string of the molecule is CCC(C)COC(C)c1c(F)cccc1F. The van der Waals surface area contributed by atoms with Crippen molar-refractivity contribution in [3.63, 3.8) is 0 Å². The molecular weight excluding hydrogens is 210 g/mol. The average molecular weight is 228 g/mol. The Bertz CT molecular complexity index is 318. The first-order valence-electron chi connectivity index (χ1n) is 5.61. The standard InChI is InChI=1S/C13H18F2O/c1-4-9(2)8-16-10(3)13-11(14)6-5-7-12(13)15/h5-7,9-10H,4,8H2,1-3H3. The second kappa shape index (κ2) is 5.94. The fourth-order valence-corrected chi connectivity index (χ4v) is 1.41. The molecule has 0 fully saturated rings. The number of hydrogen-bond acceptors (Lipinski definition) is 1. The zero-order chi connectivity index (χ0) is 12.1. The van der Waals surface area contributed by atoms with Gasteiger partial charge in [-0.3, -0.25) is 0 Å². The normalized spacial score (nSPS) is 14.8. The summed E-state index contributed by atoms with van der Waals surface area (Å²) in [5.41, 5.74) is 0.0193. The number of halogens is 2. The van der Waals surface area contributed by atoms with Crippen LogP contribution in [0.1, 0.15) is 38.9 Å². The fourth-order valence-electron chi connectivity index (χ4n) is 1.41. The van der Waals surface area contributed by atoms with Gasteiger partial charge in [-0.05, 0) is 25.0 Å². The summed E-state index contributed by atoms with van der Waals surface area (Å²) in [6.45, 7) is 6.29. The largest absolute Gasteiger partial charge is 0.373 e. The minimum absolute atomic E-state index is 0.0193. The van der Waals surface area contributed by atoms with Gasteiger partial charge in [-0.2, -0.15) is 0 Å². The van der Waals surface area contributed by atoms with E-state index >= 15 is 0 Å². The van der Waals surface area contributed by atoms with E-state index < -0.39 is 17.7 Å². The van der Waals surface area contributed by atoms with Crippen molar-refractivity contribution < 1.29 is 13.5 Å². The van der Waals surface area contributed by atoms with Gasteiger partial charge in [0.2, 0.25) is 0 Å². The molecule has 2 unspecified atom stereocenters. The molecule has 0 spiro atoms. The smallest absolute Gasteiger partial charge is 0.131 e. The van der Waals surface area contributed by atoms with Crippen LogP contribution in [0.3, 0.4) is 0 Å². The van der Waals surface area contributed by atoms with Crippen molar-refractivity contribution in [2.45, 2.75) is 33.3 Å². The van der Waals surface area contributed by atoms with E-state index in [4.69, 9.17) is 4.74 Å². The quantitative estimate of drug-likeness (QED) is 0.737. The average Bonchev–Trinajstić information content (AvgIpc) is 2.25. The molecule has 0 bridgehead atoms. The highest BCUT2D eigenvalue weighted by Gasteiger charge is 2.16. The summed E-state index contributed by atoms with van der Waals surface area (Å²) in [4.78, 5) is 0. The van der Waals surface area contributed by atoms with E-state index in [0.717, 1.165) is 6.42 Å². The lowest BCUT2D eigenvalue weighted by Crippen LogP contribution is -2.10. The van der Waals surface area contributed by atoms with Crippen LogP contribution in [0, 0.1) is 17.6 Å². The van der Waals surface area contributed by atoms with E-state index in [1.807, 2.05) is 6.92 Å². The third-order valence-electron chi connectivity index (χ3n) is 2.73. The van der Waals surface area contributed by atoms with Crippen molar-refractivity contribution in [1.82, 2.24) is 0 Å². The summed E-state index contributed by atoms with van der Waals surface area (Å²) >= 11 is 0. The van der Waals surface area contributed by atoms with Crippen LogP contribution < -0.4 is 0 Å². The summed E-state index contributed by atoms with van der Waals surface area (Å²) in [5, 5.41) is 0. The minimum Gasteiger partial charge on any atom is -0.373 e. The second-order valence-electron chi connectivity index (χ2n) is 4.12. The van der Waals surface area contributed by atoms with Crippen molar-refractivity contribution >= 4 is 0 Å². The van der Waals surface area contributed by atoms with Crippen molar-refractivity contribution in [2.75, 3.05) is 6.61 Å². The Balaban J connectivity index is 2.69. The van der Waals surface area contributed by atoms with Gasteiger partial charge in [0.1, 0.15) is 11.6 Å². The lowest BCUT2D eigenvalue weighted by atomic mass is 10.1. The highest BCUT2D eigenvalue weighted by molar-refractivity contribution is 5.21. The molecule has 0 amide bonds. The molecule has 2 atom stereocenters. The number of rotatable bonds is 5. The summed E-state index contributed by atoms with van der Waals surface area (Å²) in [6, 6.07) is 3.86. The van der Waals surface area contributed by atoms with E-state index in [1.54, 1.807) is 6.92 Å². The molecule has 0 aliphatic rings. The summed E-state index contributed by atoms with van der Waals surface area (Å²) in [7, 11) is 0. The molecule has 1 aromatic rings. The molecule has 1 nitrogen and oxygen atoms in total. The van der Waals surface area contributed by atoms with Crippen molar-refractivity contribution in [1.29, 1.82) is 0 Å². The molecule has 0 heterocycles. The Morgan fingerprint density at radius 2 is 1.75 bits per heavy atom. The molecule has 1 rings (SSSR count). The van der Waals surface area contributed by atoms with Crippen LogP contribution in [-0.2, 0) is 4.74 Å². The summed E-state index contributed by atoms with van der Waals surface area (Å²) in [5.74, 6) is -0.689. The van der Waals surface area contributed by atoms with Crippen LogP contribution in [0.2, 0.25) is 0 Å². The molecule has 16 heavy (non-hydrogen) atoms. The predicted octanol–water partition coefficient (Wildman–Crippen LogP) is 4.09. The van der Waals surface area contributed by atoms with Crippen LogP contribution in [-0.4, -0.2) is 6.61 Å². The number of benzene rings is 1. The van der Waals surface area contributed by atoms with Gasteiger partial charge >= 0.3 is 0 Å². The van der Waals surface area contributed by atoms with E-state index in [9.17, 15) is 8.78 Å². The Morgan fingerprint density at radius 1 is 1.19 bits per heavy atom. The van der Waals surface area contributed by atoms with Gasteiger partial charge in [0.05, 0.1) is 11.7 Å². The van der Waals surface area contributed by atoms with E-state index in [1.165, 1.54) is 18.2 Å². The van der Waals surface area contributed by atoms with Gasteiger partial charge < -0.3 is 4.74 Å². The maximum absolute atomic E-state index is 13.4. The molecule has 0 aromatic heterocycles. The fraction of sp³-hybridized carbons (Fsp3) is 0.538. The summed E-state index contributed by atoms with van der Waals surface area (Å²) in [6.07, 6.45) is 0.446. The molecular formula is C13H18F2O. The van der Waals surface area contributed by atoms with Crippen LogP contribution in [0.5, 0.6) is 0 Å². The van der Waals surface area contributed by atoms with Crippen LogP contribution in [0.25, 0.3) is 0 Å². The summed E-state index contributed by atoms with van der Waals surface area (Å²) < 4.78 is 32.2. The van der Waals surface area contributed by atoms with E-state index in [2.05, 4.69) is 6.92 Å². The Morgan fingerprint density at radius 3 is 2.25 bits per heavy atom. The van der Waals surface area contributed by atoms with Gasteiger partial charge in [0, 0.05) is 6.61 Å². The zero-order valence-electron chi connectivity index (χ0n) is 9.97. The van der Waals surface area contributed by atoms with E-state index in [-0.39, 0.29) is 5.56 Å². The topological polar surface area (TPSA) is 9.23 Å². The number of ether oxygens (including phenoxy) is 1. The molecule has 1 aromatic carbocycles. The van der Waals surface area contributed by atoms with Crippen molar-refractivity contribution in [2.24, 2.45) is 5.92 Å². The molecule has 3 heteroatoms. The van der Waals surface area contributed by atoms with Gasteiger partial charge in [-0.15, -0.1) is 0 Å². The molecule has 0 saturated heterocycles. The van der Waals surface area contributed by atoms with Gasteiger partial charge in [-0.25, -0.2) is 8.78 Å². The monoisotopic (exact) mass is 228 g/mol. The van der Waals surface area contributed by atoms with Crippen LogP contribution in [0.15, 0.2) is 18.2 Å². The Hall–Kier alpha value is -0.960. The highest BCUT2D eigenvalue weighted by atomic mass is 19.1. The second-order valence-corrected chi connectivity index (χ2v) is 4.12. The van der Waals surface area contributed by atoms with E-state index in [0.29, 0.717) is 12.5 Å². The molecule has 0 aliphatic heterocycles. The maximum atomic E-state index is 13.4. The molecule has 90 valence electrons. The molecule has 0 radical (unpaired) electrons. The third kappa shape index (κ3) is 3.27. The lowest BCUT2D eigenvalue weighted by molar-refractivity contribution is 0.0381. The zero-order valence-corrected chi connectivity index (χ0v) is 9.97. The highest BCUT2D eigenvalue weighted by Crippen LogP contribution is 2.24. The first-order chi connectivity index (χ1) is 7.56. The molecule has 0 aliphatic carbocycles. The van der Waals surface area contributed by atoms with Gasteiger partial charge in [0.15, 0.2) is 0 Å².